The predicted octanol–water partition coefficient (Wildman–Crippen LogP) is 3.47. The number of ketones is 1. The summed E-state index contributed by atoms with van der Waals surface area (Å²) >= 11 is 0. The topological polar surface area (TPSA) is 110 Å². The summed E-state index contributed by atoms with van der Waals surface area (Å²) in [6, 6.07) is 13.8. The number of aliphatic hydroxyl groups is 1. The van der Waals surface area contributed by atoms with Gasteiger partial charge in [-0.1, -0.05) is 42.5 Å². The number of sulfonamides is 1. The van der Waals surface area contributed by atoms with Gasteiger partial charge in [-0.05, 0) is 23.8 Å². The predicted molar refractivity (Wildman–Crippen MR) is 111 cm³/mol. The van der Waals surface area contributed by atoms with Gasteiger partial charge in [-0.3, -0.25) is 9.52 Å². The largest absolute Gasteiger partial charge is 0.465 e. The minimum Gasteiger partial charge on any atom is -0.465 e. The highest BCUT2D eigenvalue weighted by Gasteiger charge is 2.23. The van der Waals surface area contributed by atoms with Crippen molar-refractivity contribution in [2.75, 3.05) is 11.8 Å². The Balaban J connectivity index is 1.82. The maximum Gasteiger partial charge on any atom is 0.340 e. The number of esters is 1. The molecule has 0 radical (unpaired) electrons. The van der Waals surface area contributed by atoms with Gasteiger partial charge in [-0.2, -0.15) is 0 Å². The van der Waals surface area contributed by atoms with Crippen molar-refractivity contribution in [2.24, 2.45) is 0 Å². The third-order valence-electron chi connectivity index (χ3n) is 4.52. The molecule has 0 spiro atoms. The van der Waals surface area contributed by atoms with Crippen molar-refractivity contribution in [3.8, 4) is 0 Å². The monoisotopic (exact) mass is 461 g/mol. The van der Waals surface area contributed by atoms with Gasteiger partial charge in [-0.25, -0.2) is 22.0 Å². The average molecular weight is 461 g/mol. The summed E-state index contributed by atoms with van der Waals surface area (Å²) in [6.45, 7) is 0. The van der Waals surface area contributed by atoms with Crippen LogP contribution in [0.2, 0.25) is 0 Å². The van der Waals surface area contributed by atoms with E-state index in [2.05, 4.69) is 4.74 Å². The smallest absolute Gasteiger partial charge is 0.340 e. The Morgan fingerprint density at radius 2 is 1.59 bits per heavy atom. The molecule has 0 saturated heterocycles. The molecule has 0 fully saturated rings. The number of hydrogen-bond acceptors (Lipinski definition) is 6. The van der Waals surface area contributed by atoms with Crippen molar-refractivity contribution in [3.63, 3.8) is 0 Å². The van der Waals surface area contributed by atoms with E-state index in [0.29, 0.717) is 12.1 Å². The van der Waals surface area contributed by atoms with Gasteiger partial charge in [-0.15, -0.1) is 0 Å². The van der Waals surface area contributed by atoms with E-state index in [1.807, 2.05) is 4.72 Å². The fourth-order valence-electron chi connectivity index (χ4n) is 2.84. The fourth-order valence-corrected chi connectivity index (χ4v) is 3.89. The number of methoxy groups -OCH3 is 1. The second kappa shape index (κ2) is 9.25. The molecule has 166 valence electrons. The first kappa shape index (κ1) is 23.0. The minimum atomic E-state index is -4.35. The van der Waals surface area contributed by atoms with Gasteiger partial charge in [0.2, 0.25) is 0 Å². The molecule has 0 aliphatic rings. The Morgan fingerprint density at radius 3 is 2.19 bits per heavy atom. The normalized spacial score (nSPS) is 12.1. The zero-order valence-corrected chi connectivity index (χ0v) is 17.4. The van der Waals surface area contributed by atoms with Gasteiger partial charge in [0.05, 0.1) is 23.3 Å². The molecule has 1 atom stereocenters. The maximum atomic E-state index is 14.2. The first-order valence-corrected chi connectivity index (χ1v) is 10.6. The number of benzene rings is 3. The Hall–Kier alpha value is -3.63. The Labute approximate surface area is 182 Å². The van der Waals surface area contributed by atoms with E-state index in [0.717, 1.165) is 19.2 Å². The molecular formula is C22H17F2NO6S. The maximum absolute atomic E-state index is 14.2. The second-order valence-electron chi connectivity index (χ2n) is 6.61. The molecule has 0 saturated carbocycles. The SMILES string of the molecule is COC(=O)c1cc(F)c(NS(=O)(=O)c2ccc(C(O)C(=O)c3ccccc3)cc2)cc1F. The third kappa shape index (κ3) is 4.82. The lowest BCUT2D eigenvalue weighted by atomic mass is 10.0. The summed E-state index contributed by atoms with van der Waals surface area (Å²) in [4.78, 5) is 23.4. The quantitative estimate of drug-likeness (QED) is 0.412. The molecule has 0 aromatic heterocycles. The number of nitrogens with one attached hydrogen (secondary N) is 1. The minimum absolute atomic E-state index is 0.150. The van der Waals surface area contributed by atoms with Gasteiger partial charge >= 0.3 is 5.97 Å². The van der Waals surface area contributed by atoms with Gasteiger partial charge < -0.3 is 9.84 Å². The molecule has 0 heterocycles. The first-order chi connectivity index (χ1) is 15.1. The summed E-state index contributed by atoms with van der Waals surface area (Å²) in [5, 5.41) is 10.3. The van der Waals surface area contributed by atoms with Crippen LogP contribution >= 0.6 is 0 Å². The highest BCUT2D eigenvalue weighted by atomic mass is 32.2. The molecule has 3 aromatic rings. The second-order valence-corrected chi connectivity index (χ2v) is 8.29. The van der Waals surface area contributed by atoms with Crippen LogP contribution in [0.15, 0.2) is 71.6 Å². The highest BCUT2D eigenvalue weighted by molar-refractivity contribution is 7.92. The van der Waals surface area contributed by atoms with Crippen LogP contribution in [0.25, 0.3) is 0 Å². The van der Waals surface area contributed by atoms with Gasteiger partial charge in [0.1, 0.15) is 17.7 Å². The van der Waals surface area contributed by atoms with Gasteiger partial charge in [0.15, 0.2) is 5.78 Å². The number of rotatable bonds is 7. The van der Waals surface area contributed by atoms with E-state index in [1.165, 1.54) is 24.3 Å². The molecule has 7 nitrogen and oxygen atoms in total. The summed E-state index contributed by atoms with van der Waals surface area (Å²) in [5.74, 6) is -4.04. The summed E-state index contributed by atoms with van der Waals surface area (Å²) in [5.41, 5.74) is -0.961. The zero-order valence-electron chi connectivity index (χ0n) is 16.6. The average Bonchev–Trinajstić information content (AvgIpc) is 2.80. The van der Waals surface area contributed by atoms with Crippen LogP contribution in [-0.2, 0) is 14.8 Å². The van der Waals surface area contributed by atoms with E-state index < -0.39 is 50.8 Å². The van der Waals surface area contributed by atoms with E-state index in [1.54, 1.807) is 18.2 Å². The number of ether oxygens (including phenoxy) is 1. The lowest BCUT2D eigenvalue weighted by Crippen LogP contribution is -2.16. The van der Waals surface area contributed by atoms with E-state index in [-0.39, 0.29) is 16.0 Å². The van der Waals surface area contributed by atoms with Crippen LogP contribution in [0, 0.1) is 11.6 Å². The number of carbonyl (C=O) groups excluding carboxylic acids is 2. The van der Waals surface area contributed by atoms with Crippen molar-refractivity contribution < 1.29 is 36.6 Å². The van der Waals surface area contributed by atoms with Gasteiger partial charge in [0, 0.05) is 11.6 Å². The van der Waals surface area contributed by atoms with Crippen LogP contribution in [-0.4, -0.2) is 32.4 Å². The molecule has 0 aliphatic heterocycles. The molecule has 0 amide bonds. The van der Waals surface area contributed by atoms with Crippen LogP contribution in [0.5, 0.6) is 0 Å². The third-order valence-corrected chi connectivity index (χ3v) is 5.90. The Morgan fingerprint density at radius 1 is 0.969 bits per heavy atom. The van der Waals surface area contributed by atoms with Crippen molar-refractivity contribution >= 4 is 27.5 Å². The van der Waals surface area contributed by atoms with Crippen molar-refractivity contribution in [1.82, 2.24) is 0 Å². The standard InChI is InChI=1S/C22H17F2NO6S/c1-31-22(28)16-11-18(24)19(12-17(16)23)25-32(29,30)15-9-7-14(8-10-15)21(27)20(26)13-5-3-2-4-6-13/h2-12,21,25,27H,1H3. The molecule has 0 bridgehead atoms. The number of Topliss-reactive ketones (excluding diaryl/α,β-unsaturated/α-hetero) is 1. The van der Waals surface area contributed by atoms with Crippen molar-refractivity contribution in [3.05, 3.63) is 95.1 Å². The van der Waals surface area contributed by atoms with Crippen LogP contribution in [0.3, 0.4) is 0 Å². The van der Waals surface area contributed by atoms with Crippen LogP contribution in [0.4, 0.5) is 14.5 Å². The van der Waals surface area contributed by atoms with Crippen molar-refractivity contribution in [2.45, 2.75) is 11.0 Å². The molecule has 32 heavy (non-hydrogen) atoms. The van der Waals surface area contributed by atoms with Crippen molar-refractivity contribution in [1.29, 1.82) is 0 Å². The summed E-state index contributed by atoms with van der Waals surface area (Å²) in [6.07, 6.45) is -1.51. The molecule has 3 rings (SSSR count). The van der Waals surface area contributed by atoms with Crippen LogP contribution in [0.1, 0.15) is 32.4 Å². The molecule has 2 N–H and O–H groups in total. The summed E-state index contributed by atoms with van der Waals surface area (Å²) in [7, 11) is -3.36. The summed E-state index contributed by atoms with van der Waals surface area (Å²) < 4.78 is 59.6. The first-order valence-electron chi connectivity index (χ1n) is 9.11. The number of halogens is 2. The molecule has 0 aliphatic carbocycles. The van der Waals surface area contributed by atoms with E-state index in [9.17, 15) is 31.9 Å². The number of anilines is 1. The number of aliphatic hydroxyl groups excluding tert-OH is 1. The van der Waals surface area contributed by atoms with E-state index in [4.69, 9.17) is 0 Å². The fraction of sp³-hybridized carbons (Fsp3) is 0.0909. The van der Waals surface area contributed by atoms with E-state index >= 15 is 0 Å². The lowest BCUT2D eigenvalue weighted by Gasteiger charge is -2.13. The zero-order chi connectivity index (χ0) is 23.5. The number of hydrogen-bond donors (Lipinski definition) is 2. The molecule has 3 aromatic carbocycles. The Bertz CT molecular complexity index is 1260. The molecule has 1 unspecified atom stereocenters. The lowest BCUT2D eigenvalue weighted by molar-refractivity contribution is 0.0594. The molecule has 10 heteroatoms. The highest BCUT2D eigenvalue weighted by Crippen LogP contribution is 2.25. The number of carbonyl (C=O) groups is 2. The van der Waals surface area contributed by atoms with Crippen LogP contribution < -0.4 is 4.72 Å². The molecular weight excluding hydrogens is 444 g/mol. The Kier molecular flexibility index (Phi) is 6.66. The van der Waals surface area contributed by atoms with Gasteiger partial charge in [0.25, 0.3) is 10.0 Å².